The van der Waals surface area contributed by atoms with Crippen LogP contribution in [-0.2, 0) is 29.6 Å². The Labute approximate surface area is 180 Å². The number of hydrogen-bond acceptors (Lipinski definition) is 5. The van der Waals surface area contributed by atoms with Gasteiger partial charge in [-0.3, -0.25) is 0 Å². The summed E-state index contributed by atoms with van der Waals surface area (Å²) < 4.78 is 69.9. The van der Waals surface area contributed by atoms with Crippen LogP contribution in [0.1, 0.15) is 11.1 Å². The molecular formula is C21H17BrF2O5S. The summed E-state index contributed by atoms with van der Waals surface area (Å²) in [5.74, 6) is -3.26. The normalized spacial score (nSPS) is 21.9. The molecule has 0 saturated carbocycles. The number of hydrogen-bond donors (Lipinski definition) is 0. The molecular weight excluding hydrogens is 482 g/mol. The lowest BCUT2D eigenvalue weighted by Gasteiger charge is -2.26. The molecule has 30 heavy (non-hydrogen) atoms. The predicted molar refractivity (Wildman–Crippen MR) is 110 cm³/mol. The minimum Gasteiger partial charge on any atom is -0.340 e. The first kappa shape index (κ1) is 21.3. The van der Waals surface area contributed by atoms with E-state index in [-0.39, 0.29) is 22.4 Å². The summed E-state index contributed by atoms with van der Waals surface area (Å²) in [6.45, 7) is 1.44. The van der Waals surface area contributed by atoms with E-state index >= 15 is 0 Å². The van der Waals surface area contributed by atoms with Gasteiger partial charge in [0.25, 0.3) is 10.1 Å². The number of fused-ring (bicyclic) bond motifs is 1. The van der Waals surface area contributed by atoms with Gasteiger partial charge in [0.2, 0.25) is 12.1 Å². The molecule has 0 spiro atoms. The quantitative estimate of drug-likeness (QED) is 0.375. The largest absolute Gasteiger partial charge is 0.340 e. The summed E-state index contributed by atoms with van der Waals surface area (Å²) in [5, 5.41) is 1.67. The van der Waals surface area contributed by atoms with Crippen molar-refractivity contribution in [3.05, 3.63) is 77.4 Å². The molecule has 0 amide bonds. The molecule has 0 aromatic heterocycles. The summed E-state index contributed by atoms with van der Waals surface area (Å²) in [6, 6.07) is 13.5. The molecule has 3 aromatic rings. The van der Waals surface area contributed by atoms with Crippen LogP contribution in [0.3, 0.4) is 0 Å². The Morgan fingerprint density at radius 3 is 2.67 bits per heavy atom. The van der Waals surface area contributed by atoms with Gasteiger partial charge in [0.15, 0.2) is 0 Å². The van der Waals surface area contributed by atoms with Crippen molar-refractivity contribution < 1.29 is 30.9 Å². The van der Waals surface area contributed by atoms with E-state index in [1.165, 1.54) is 12.1 Å². The van der Waals surface area contributed by atoms with Crippen LogP contribution < -0.4 is 0 Å². The topological polar surface area (TPSA) is 61.8 Å². The Balaban J connectivity index is 1.61. The zero-order valence-corrected chi connectivity index (χ0v) is 18.2. The van der Waals surface area contributed by atoms with E-state index < -0.39 is 33.8 Å². The van der Waals surface area contributed by atoms with Gasteiger partial charge in [-0.15, -0.1) is 0 Å². The fraction of sp³-hybridized carbons (Fsp3) is 0.238. The summed E-state index contributed by atoms with van der Waals surface area (Å²) >= 11 is 3.20. The van der Waals surface area contributed by atoms with Gasteiger partial charge in [-0.1, -0.05) is 46.3 Å². The predicted octanol–water partition coefficient (Wildman–Crippen LogP) is 4.75. The summed E-state index contributed by atoms with van der Waals surface area (Å²) in [7, 11) is -4.20. The van der Waals surface area contributed by atoms with Gasteiger partial charge in [-0.25, -0.2) is 13.0 Å². The molecule has 0 aliphatic carbocycles. The minimum atomic E-state index is -4.20. The molecule has 4 rings (SSSR count). The van der Waals surface area contributed by atoms with Crippen molar-refractivity contribution in [3.63, 3.8) is 0 Å². The Bertz CT molecular complexity index is 1220. The van der Waals surface area contributed by atoms with E-state index in [0.717, 1.165) is 16.8 Å². The number of aryl methyl sites for hydroxylation is 1. The maximum absolute atomic E-state index is 14.3. The van der Waals surface area contributed by atoms with Crippen LogP contribution in [0.25, 0.3) is 10.8 Å². The van der Waals surface area contributed by atoms with E-state index in [1.807, 2.05) is 24.3 Å². The van der Waals surface area contributed by atoms with Crippen LogP contribution in [0.4, 0.5) is 8.78 Å². The van der Waals surface area contributed by atoms with Gasteiger partial charge >= 0.3 is 0 Å². The van der Waals surface area contributed by atoms with Gasteiger partial charge in [-0.2, -0.15) is 8.42 Å². The molecule has 1 aliphatic heterocycles. The summed E-state index contributed by atoms with van der Waals surface area (Å²) in [4.78, 5) is 0.00843. The third kappa shape index (κ3) is 3.76. The lowest BCUT2D eigenvalue weighted by atomic mass is 10.1. The summed E-state index contributed by atoms with van der Waals surface area (Å²) in [6.07, 6.45) is -1.30. The smallest absolute Gasteiger partial charge is 0.299 e. The SMILES string of the molecule is Cc1c(S(=O)(=O)OC2COC(CBr)(c3ccc(F)cc3F)O2)ccc2ccccc12. The van der Waals surface area contributed by atoms with Gasteiger partial charge < -0.3 is 9.47 Å². The highest BCUT2D eigenvalue weighted by atomic mass is 79.9. The van der Waals surface area contributed by atoms with E-state index in [0.29, 0.717) is 11.6 Å². The Morgan fingerprint density at radius 2 is 1.93 bits per heavy atom. The van der Waals surface area contributed by atoms with Crippen LogP contribution in [0.2, 0.25) is 0 Å². The van der Waals surface area contributed by atoms with E-state index in [4.69, 9.17) is 13.7 Å². The lowest BCUT2D eigenvalue weighted by molar-refractivity contribution is -0.183. The number of halogens is 3. The first-order chi connectivity index (χ1) is 14.3. The molecule has 0 N–H and O–H groups in total. The summed E-state index contributed by atoms with van der Waals surface area (Å²) in [5.41, 5.74) is 0.481. The highest BCUT2D eigenvalue weighted by Gasteiger charge is 2.46. The molecule has 1 saturated heterocycles. The maximum Gasteiger partial charge on any atom is 0.299 e. The van der Waals surface area contributed by atoms with Crippen LogP contribution in [-0.4, -0.2) is 26.6 Å². The van der Waals surface area contributed by atoms with Crippen LogP contribution >= 0.6 is 15.9 Å². The van der Waals surface area contributed by atoms with Crippen molar-refractivity contribution in [2.75, 3.05) is 11.9 Å². The lowest BCUT2D eigenvalue weighted by Crippen LogP contribution is -2.32. The van der Waals surface area contributed by atoms with Crippen molar-refractivity contribution in [2.24, 2.45) is 0 Å². The standard InChI is InChI=1S/C21H17BrF2O5S/c1-13-16-5-3-2-4-14(16)6-9-19(13)30(25,26)29-20-11-27-21(12-22,28-20)17-8-7-15(23)10-18(17)24/h2-10,20H,11-12H2,1H3. The fourth-order valence-electron chi connectivity index (χ4n) is 3.48. The van der Waals surface area contributed by atoms with E-state index in [1.54, 1.807) is 13.0 Å². The van der Waals surface area contributed by atoms with Crippen molar-refractivity contribution in [1.82, 2.24) is 0 Å². The monoisotopic (exact) mass is 498 g/mol. The van der Waals surface area contributed by atoms with Crippen molar-refractivity contribution in [1.29, 1.82) is 0 Å². The number of benzene rings is 3. The molecule has 1 heterocycles. The molecule has 9 heteroatoms. The van der Waals surface area contributed by atoms with Gasteiger partial charge in [0.05, 0.1) is 10.2 Å². The second-order valence-electron chi connectivity index (χ2n) is 6.83. The van der Waals surface area contributed by atoms with E-state index in [2.05, 4.69) is 15.9 Å². The highest BCUT2D eigenvalue weighted by molar-refractivity contribution is 9.09. The highest BCUT2D eigenvalue weighted by Crippen LogP contribution is 2.39. The van der Waals surface area contributed by atoms with E-state index in [9.17, 15) is 17.2 Å². The first-order valence-corrected chi connectivity index (χ1v) is 11.5. The van der Waals surface area contributed by atoms with Crippen molar-refractivity contribution >= 4 is 36.8 Å². The maximum atomic E-state index is 14.3. The molecule has 2 unspecified atom stereocenters. The third-order valence-corrected chi connectivity index (χ3v) is 7.13. The van der Waals surface area contributed by atoms with Crippen LogP contribution in [0.15, 0.2) is 59.5 Å². The number of alkyl halides is 1. The molecule has 1 aliphatic rings. The van der Waals surface area contributed by atoms with Crippen molar-refractivity contribution in [2.45, 2.75) is 23.9 Å². The molecule has 3 aromatic carbocycles. The van der Waals surface area contributed by atoms with Crippen LogP contribution in [0, 0.1) is 18.6 Å². The molecule has 0 bridgehead atoms. The average Bonchev–Trinajstić information content (AvgIpc) is 3.11. The number of rotatable bonds is 5. The second-order valence-corrected chi connectivity index (χ2v) is 8.93. The molecule has 1 fully saturated rings. The van der Waals surface area contributed by atoms with Crippen LogP contribution in [0.5, 0.6) is 0 Å². The zero-order chi connectivity index (χ0) is 21.5. The third-order valence-electron chi connectivity index (χ3n) is 4.94. The van der Waals surface area contributed by atoms with Gasteiger partial charge in [0, 0.05) is 11.6 Å². The van der Waals surface area contributed by atoms with Gasteiger partial charge in [0.1, 0.15) is 18.2 Å². The molecule has 5 nitrogen and oxygen atoms in total. The average molecular weight is 499 g/mol. The fourth-order valence-corrected chi connectivity index (χ4v) is 5.28. The first-order valence-electron chi connectivity index (χ1n) is 9.01. The Hall–Kier alpha value is -1.91. The minimum absolute atomic E-state index is 0.00843. The Morgan fingerprint density at radius 1 is 1.17 bits per heavy atom. The van der Waals surface area contributed by atoms with Crippen molar-refractivity contribution in [3.8, 4) is 0 Å². The second kappa shape index (κ2) is 7.97. The molecule has 2 atom stereocenters. The Kier molecular flexibility index (Phi) is 5.67. The number of ether oxygens (including phenoxy) is 2. The molecule has 158 valence electrons. The molecule has 0 radical (unpaired) electrons. The zero-order valence-electron chi connectivity index (χ0n) is 15.8. The van der Waals surface area contributed by atoms with Gasteiger partial charge in [-0.05, 0) is 41.5 Å².